The summed E-state index contributed by atoms with van der Waals surface area (Å²) in [6, 6.07) is 10.2. The highest BCUT2D eigenvalue weighted by Gasteiger charge is 2.15. The molecule has 0 saturated carbocycles. The summed E-state index contributed by atoms with van der Waals surface area (Å²) in [6.07, 6.45) is 0. The molecule has 0 aliphatic heterocycles. The molecule has 1 aromatic heterocycles. The quantitative estimate of drug-likeness (QED) is 0.508. The monoisotopic (exact) mass is 444 g/mol. The second kappa shape index (κ2) is 9.65. The van der Waals surface area contributed by atoms with Crippen LogP contribution in [0, 0.1) is 18.6 Å². The standard InChI is InChI=1S/C22H22F2N4O2S/c1-12(2)26-21(30)25-11-14-4-6-15(7-5-14)20(29)28-22-27-19(13(3)31-22)16-8-9-17(23)18(24)10-16/h4-10,12H,11H2,1-3H3,(H2,25,26,30)(H,27,28,29). The van der Waals surface area contributed by atoms with Gasteiger partial charge in [-0.1, -0.05) is 12.1 Å². The van der Waals surface area contributed by atoms with Crippen molar-refractivity contribution in [3.05, 3.63) is 70.1 Å². The smallest absolute Gasteiger partial charge is 0.315 e. The van der Waals surface area contributed by atoms with Gasteiger partial charge in [0.05, 0.1) is 5.69 Å². The van der Waals surface area contributed by atoms with Gasteiger partial charge in [-0.15, -0.1) is 11.3 Å². The Labute approximate surface area is 182 Å². The van der Waals surface area contributed by atoms with Gasteiger partial charge in [-0.05, 0) is 56.7 Å². The summed E-state index contributed by atoms with van der Waals surface area (Å²) in [4.78, 5) is 29.3. The number of carbonyl (C=O) groups is 2. The normalized spacial score (nSPS) is 10.8. The average Bonchev–Trinajstić information content (AvgIpc) is 3.08. The molecule has 3 N–H and O–H groups in total. The van der Waals surface area contributed by atoms with E-state index in [1.165, 1.54) is 17.4 Å². The van der Waals surface area contributed by atoms with Crippen LogP contribution in [-0.4, -0.2) is 23.0 Å². The molecule has 6 nitrogen and oxygen atoms in total. The zero-order valence-electron chi connectivity index (χ0n) is 17.3. The zero-order valence-corrected chi connectivity index (χ0v) is 18.1. The number of hydrogen-bond acceptors (Lipinski definition) is 4. The van der Waals surface area contributed by atoms with E-state index in [2.05, 4.69) is 20.9 Å². The minimum Gasteiger partial charge on any atom is -0.336 e. The third-order valence-electron chi connectivity index (χ3n) is 4.30. The lowest BCUT2D eigenvalue weighted by atomic mass is 10.1. The molecular formula is C22H22F2N4O2S. The fourth-order valence-corrected chi connectivity index (χ4v) is 3.63. The maximum Gasteiger partial charge on any atom is 0.315 e. The molecule has 0 aliphatic carbocycles. The van der Waals surface area contributed by atoms with Crippen LogP contribution in [0.1, 0.15) is 34.6 Å². The van der Waals surface area contributed by atoms with Crippen LogP contribution in [0.3, 0.4) is 0 Å². The van der Waals surface area contributed by atoms with Crippen molar-refractivity contribution in [1.29, 1.82) is 0 Å². The molecule has 2 aromatic carbocycles. The second-order valence-corrected chi connectivity index (χ2v) is 8.39. The maximum absolute atomic E-state index is 13.5. The molecule has 0 saturated heterocycles. The Bertz CT molecular complexity index is 1100. The zero-order chi connectivity index (χ0) is 22.5. The minimum absolute atomic E-state index is 0.0446. The predicted octanol–water partition coefficient (Wildman–Crippen LogP) is 4.86. The molecule has 3 rings (SSSR count). The highest BCUT2D eigenvalue weighted by molar-refractivity contribution is 7.16. The van der Waals surface area contributed by atoms with E-state index in [9.17, 15) is 18.4 Å². The minimum atomic E-state index is -0.952. The van der Waals surface area contributed by atoms with E-state index in [1.54, 1.807) is 31.2 Å². The fourth-order valence-electron chi connectivity index (χ4n) is 2.80. The lowest BCUT2D eigenvalue weighted by Gasteiger charge is -2.10. The van der Waals surface area contributed by atoms with Crippen LogP contribution in [0.4, 0.5) is 18.7 Å². The number of thiazole rings is 1. The Morgan fingerprint density at radius 1 is 1.06 bits per heavy atom. The lowest BCUT2D eigenvalue weighted by Crippen LogP contribution is -2.39. The number of halogens is 2. The van der Waals surface area contributed by atoms with E-state index in [0.717, 1.165) is 22.6 Å². The van der Waals surface area contributed by atoms with E-state index >= 15 is 0 Å². The molecule has 0 atom stereocenters. The first-order chi connectivity index (χ1) is 14.7. The van der Waals surface area contributed by atoms with E-state index in [-0.39, 0.29) is 18.0 Å². The Kier molecular flexibility index (Phi) is 6.96. The Hall–Kier alpha value is -3.33. The summed E-state index contributed by atoms with van der Waals surface area (Å²) in [5.74, 6) is -2.22. The van der Waals surface area contributed by atoms with Crippen LogP contribution < -0.4 is 16.0 Å². The Morgan fingerprint density at radius 3 is 2.42 bits per heavy atom. The first-order valence-electron chi connectivity index (χ1n) is 9.60. The molecule has 3 amide bonds. The third kappa shape index (κ3) is 5.85. The van der Waals surface area contributed by atoms with Crippen LogP contribution in [0.15, 0.2) is 42.5 Å². The number of urea groups is 1. The van der Waals surface area contributed by atoms with Crippen LogP contribution in [0.5, 0.6) is 0 Å². The van der Waals surface area contributed by atoms with Crippen molar-refractivity contribution in [2.75, 3.05) is 5.32 Å². The van der Waals surface area contributed by atoms with Gasteiger partial charge in [0, 0.05) is 28.6 Å². The number of aromatic nitrogens is 1. The topological polar surface area (TPSA) is 83.1 Å². The van der Waals surface area contributed by atoms with E-state index in [1.807, 2.05) is 13.8 Å². The Morgan fingerprint density at radius 2 is 1.77 bits per heavy atom. The molecule has 3 aromatic rings. The average molecular weight is 445 g/mol. The molecule has 0 bridgehead atoms. The van der Waals surface area contributed by atoms with Crippen LogP contribution in [0.2, 0.25) is 0 Å². The summed E-state index contributed by atoms with van der Waals surface area (Å²) in [5.41, 5.74) is 2.20. The van der Waals surface area contributed by atoms with Gasteiger partial charge < -0.3 is 10.6 Å². The van der Waals surface area contributed by atoms with Crippen LogP contribution in [-0.2, 0) is 6.54 Å². The molecular weight excluding hydrogens is 422 g/mol. The van der Waals surface area contributed by atoms with Crippen molar-refractivity contribution in [1.82, 2.24) is 15.6 Å². The number of rotatable bonds is 6. The number of nitrogens with one attached hydrogen (secondary N) is 3. The first-order valence-corrected chi connectivity index (χ1v) is 10.4. The summed E-state index contributed by atoms with van der Waals surface area (Å²) >= 11 is 1.25. The molecule has 9 heteroatoms. The molecule has 1 heterocycles. The third-order valence-corrected chi connectivity index (χ3v) is 5.19. The van der Waals surface area contributed by atoms with Gasteiger partial charge in [0.2, 0.25) is 0 Å². The number of carbonyl (C=O) groups excluding carboxylic acids is 2. The van der Waals surface area contributed by atoms with Gasteiger partial charge in [-0.25, -0.2) is 18.6 Å². The van der Waals surface area contributed by atoms with Crippen molar-refractivity contribution in [3.8, 4) is 11.3 Å². The molecule has 0 spiro atoms. The number of aryl methyl sites for hydroxylation is 1. The number of hydrogen-bond donors (Lipinski definition) is 3. The highest BCUT2D eigenvalue weighted by Crippen LogP contribution is 2.31. The van der Waals surface area contributed by atoms with Crippen molar-refractivity contribution in [2.24, 2.45) is 0 Å². The largest absolute Gasteiger partial charge is 0.336 e. The van der Waals surface area contributed by atoms with E-state index in [0.29, 0.717) is 28.5 Å². The van der Waals surface area contributed by atoms with E-state index in [4.69, 9.17) is 0 Å². The van der Waals surface area contributed by atoms with Gasteiger partial charge in [-0.2, -0.15) is 0 Å². The Balaban J connectivity index is 1.64. The number of nitrogens with zero attached hydrogens (tertiary/aromatic N) is 1. The van der Waals surface area contributed by atoms with Gasteiger partial charge in [-0.3, -0.25) is 10.1 Å². The SMILES string of the molecule is Cc1sc(NC(=O)c2ccc(CNC(=O)NC(C)C)cc2)nc1-c1ccc(F)c(F)c1. The summed E-state index contributed by atoms with van der Waals surface area (Å²) in [5, 5.41) is 8.56. The van der Waals surface area contributed by atoms with Gasteiger partial charge in [0.15, 0.2) is 16.8 Å². The maximum atomic E-state index is 13.5. The highest BCUT2D eigenvalue weighted by atomic mass is 32.1. The van der Waals surface area contributed by atoms with E-state index < -0.39 is 11.6 Å². The summed E-state index contributed by atoms with van der Waals surface area (Å²) in [7, 11) is 0. The van der Waals surface area contributed by atoms with Crippen LogP contribution in [0.25, 0.3) is 11.3 Å². The predicted molar refractivity (Wildman–Crippen MR) is 117 cm³/mol. The first kappa shape index (κ1) is 22.4. The van der Waals surface area contributed by atoms with Crippen molar-refractivity contribution in [2.45, 2.75) is 33.4 Å². The molecule has 162 valence electrons. The number of anilines is 1. The van der Waals surface area contributed by atoms with Crippen molar-refractivity contribution in [3.63, 3.8) is 0 Å². The summed E-state index contributed by atoms with van der Waals surface area (Å²) < 4.78 is 26.7. The molecule has 0 aliphatic rings. The fraction of sp³-hybridized carbons (Fsp3) is 0.227. The second-order valence-electron chi connectivity index (χ2n) is 7.19. The van der Waals surface area contributed by atoms with Gasteiger partial charge >= 0.3 is 6.03 Å². The number of benzene rings is 2. The molecule has 0 radical (unpaired) electrons. The van der Waals surface area contributed by atoms with Gasteiger partial charge in [0.1, 0.15) is 0 Å². The molecule has 31 heavy (non-hydrogen) atoms. The summed E-state index contributed by atoms with van der Waals surface area (Å²) in [6.45, 7) is 5.88. The lowest BCUT2D eigenvalue weighted by molar-refractivity contribution is 0.102. The van der Waals surface area contributed by atoms with Crippen molar-refractivity contribution >= 4 is 28.4 Å². The molecule has 0 fully saturated rings. The molecule has 0 unspecified atom stereocenters. The van der Waals surface area contributed by atoms with Crippen LogP contribution >= 0.6 is 11.3 Å². The van der Waals surface area contributed by atoms with Gasteiger partial charge in [0.25, 0.3) is 5.91 Å². The number of amides is 3. The van der Waals surface area contributed by atoms with Crippen molar-refractivity contribution < 1.29 is 18.4 Å².